The predicted molar refractivity (Wildman–Crippen MR) is 89.5 cm³/mol. The highest BCUT2D eigenvalue weighted by atomic mass is 35.5. The fourth-order valence-corrected chi connectivity index (χ4v) is 2.12. The van der Waals surface area contributed by atoms with Crippen LogP contribution in [0.1, 0.15) is 52.2 Å². The topological polar surface area (TPSA) is 123 Å². The standard InChI is InChI=1S/C15H20ClN5O4/c1-14(2,3)24-11(22)10-18-7-8(16)21(12(17)20-9(7)19-10)13(23)25-15(4,5)6/h1-6H3,(H2,17,18,19,20). The fraction of sp³-hybridized carbons (Fsp3) is 0.533. The van der Waals surface area contributed by atoms with Gasteiger partial charge in [-0.2, -0.15) is 4.98 Å². The molecule has 0 unspecified atom stereocenters. The summed E-state index contributed by atoms with van der Waals surface area (Å²) in [5.41, 5.74) is -1.79. The molecule has 2 aromatic rings. The number of rotatable bonds is 1. The van der Waals surface area contributed by atoms with E-state index < -0.39 is 28.9 Å². The average molecular weight is 370 g/mol. The zero-order valence-corrected chi connectivity index (χ0v) is 15.6. The van der Waals surface area contributed by atoms with Crippen molar-refractivity contribution in [2.24, 2.45) is 0 Å². The number of ether oxygens (including phenoxy) is 2. The molecule has 136 valence electrons. The summed E-state index contributed by atoms with van der Waals surface area (Å²) in [5, 5.41) is 7.73. The molecule has 0 bridgehead atoms. The zero-order chi connectivity index (χ0) is 19.2. The predicted octanol–water partition coefficient (Wildman–Crippen LogP) is 2.63. The number of aromatic amines is 1. The average Bonchev–Trinajstić information content (AvgIpc) is 2.78. The van der Waals surface area contributed by atoms with Gasteiger partial charge in [0.2, 0.25) is 11.4 Å². The highest BCUT2D eigenvalue weighted by Crippen LogP contribution is 2.20. The van der Waals surface area contributed by atoms with Gasteiger partial charge in [0, 0.05) is 0 Å². The van der Waals surface area contributed by atoms with E-state index in [1.165, 1.54) is 0 Å². The Balaban J connectivity index is 2.51. The van der Waals surface area contributed by atoms with E-state index in [9.17, 15) is 9.59 Å². The summed E-state index contributed by atoms with van der Waals surface area (Å²) in [6, 6.07) is 0. The molecule has 2 aromatic heterocycles. The second-order valence-electron chi connectivity index (χ2n) is 7.33. The van der Waals surface area contributed by atoms with E-state index in [4.69, 9.17) is 26.5 Å². The summed E-state index contributed by atoms with van der Waals surface area (Å²) in [7, 11) is 0. The minimum absolute atomic E-state index is 0.0238. The number of nitrogens with zero attached hydrogens (tertiary/aromatic N) is 3. The van der Waals surface area contributed by atoms with Crippen molar-refractivity contribution < 1.29 is 19.1 Å². The third kappa shape index (κ3) is 4.36. The lowest BCUT2D eigenvalue weighted by molar-refractivity contribution is 0.00569. The molecule has 10 heteroatoms. The molecule has 2 heterocycles. The molecule has 0 fully saturated rings. The van der Waals surface area contributed by atoms with Gasteiger partial charge in [0.05, 0.1) is 0 Å². The lowest BCUT2D eigenvalue weighted by atomic mass is 10.2. The monoisotopic (exact) mass is 369 g/mol. The van der Waals surface area contributed by atoms with Crippen LogP contribution in [0.15, 0.2) is 0 Å². The van der Waals surface area contributed by atoms with Crippen LogP contribution in [0.2, 0.25) is 5.15 Å². The maximum Gasteiger partial charge on any atom is 0.422 e. The first-order valence-electron chi connectivity index (χ1n) is 7.48. The van der Waals surface area contributed by atoms with E-state index in [-0.39, 0.29) is 22.1 Å². The highest BCUT2D eigenvalue weighted by molar-refractivity contribution is 6.34. The molecule has 0 aliphatic heterocycles. The summed E-state index contributed by atoms with van der Waals surface area (Å²) in [6.45, 7) is 10.2. The van der Waals surface area contributed by atoms with Crippen molar-refractivity contribution in [1.29, 1.82) is 5.41 Å². The second-order valence-corrected chi connectivity index (χ2v) is 7.69. The van der Waals surface area contributed by atoms with Gasteiger partial charge in [0.15, 0.2) is 5.65 Å². The molecule has 2 N–H and O–H groups in total. The summed E-state index contributed by atoms with van der Waals surface area (Å²) < 4.78 is 11.2. The summed E-state index contributed by atoms with van der Waals surface area (Å²) in [4.78, 5) is 34.9. The molecule has 0 radical (unpaired) electrons. The van der Waals surface area contributed by atoms with Crippen LogP contribution in [0.5, 0.6) is 0 Å². The summed E-state index contributed by atoms with van der Waals surface area (Å²) in [5.74, 6) is -0.822. The number of H-pyrrole nitrogens is 1. The molecular formula is C15H20ClN5O4. The number of carbonyl (C=O) groups excluding carboxylic acids is 2. The Hall–Kier alpha value is -2.42. The van der Waals surface area contributed by atoms with E-state index in [2.05, 4.69) is 15.0 Å². The fourth-order valence-electron chi connectivity index (χ4n) is 1.84. The Morgan fingerprint density at radius 3 is 2.16 bits per heavy atom. The van der Waals surface area contributed by atoms with Crippen LogP contribution >= 0.6 is 11.6 Å². The van der Waals surface area contributed by atoms with Crippen LogP contribution < -0.4 is 5.62 Å². The molecule has 0 aliphatic rings. The summed E-state index contributed by atoms with van der Waals surface area (Å²) in [6.07, 6.45) is -0.856. The van der Waals surface area contributed by atoms with Crippen LogP contribution in [0.3, 0.4) is 0 Å². The van der Waals surface area contributed by atoms with Gasteiger partial charge in [-0.15, -0.1) is 0 Å². The molecule has 0 aromatic carbocycles. The number of hydrogen-bond acceptors (Lipinski definition) is 7. The lowest BCUT2D eigenvalue weighted by Gasteiger charge is -2.20. The van der Waals surface area contributed by atoms with E-state index in [0.29, 0.717) is 0 Å². The Morgan fingerprint density at radius 1 is 1.08 bits per heavy atom. The minimum atomic E-state index is -0.856. The van der Waals surface area contributed by atoms with E-state index in [1.807, 2.05) is 0 Å². The minimum Gasteiger partial charge on any atom is -0.454 e. The van der Waals surface area contributed by atoms with Crippen LogP contribution in [0, 0.1) is 5.41 Å². The Labute approximate surface area is 148 Å². The van der Waals surface area contributed by atoms with E-state index in [0.717, 1.165) is 4.57 Å². The van der Waals surface area contributed by atoms with Crippen LogP contribution in [0.25, 0.3) is 11.2 Å². The van der Waals surface area contributed by atoms with Gasteiger partial charge in [0.25, 0.3) is 0 Å². The zero-order valence-electron chi connectivity index (χ0n) is 14.9. The summed E-state index contributed by atoms with van der Waals surface area (Å²) >= 11 is 6.20. The van der Waals surface area contributed by atoms with Gasteiger partial charge >= 0.3 is 12.1 Å². The van der Waals surface area contributed by atoms with Gasteiger partial charge in [0.1, 0.15) is 21.9 Å². The molecular weight excluding hydrogens is 350 g/mol. The van der Waals surface area contributed by atoms with Gasteiger partial charge in [-0.3, -0.25) is 5.41 Å². The van der Waals surface area contributed by atoms with Crippen molar-refractivity contribution in [1.82, 2.24) is 19.5 Å². The number of aromatic nitrogens is 4. The van der Waals surface area contributed by atoms with Gasteiger partial charge in [-0.05, 0) is 41.5 Å². The molecule has 2 rings (SSSR count). The highest BCUT2D eigenvalue weighted by Gasteiger charge is 2.25. The van der Waals surface area contributed by atoms with Crippen LogP contribution in [0.4, 0.5) is 4.79 Å². The maximum absolute atomic E-state index is 12.2. The number of carbonyl (C=O) groups is 2. The maximum atomic E-state index is 12.2. The first-order chi connectivity index (χ1) is 11.3. The number of halogens is 1. The Kier molecular flexibility index (Phi) is 4.65. The second kappa shape index (κ2) is 6.14. The van der Waals surface area contributed by atoms with Crippen LogP contribution in [-0.2, 0) is 9.47 Å². The van der Waals surface area contributed by atoms with E-state index >= 15 is 0 Å². The molecule has 0 saturated heterocycles. The van der Waals surface area contributed by atoms with Gasteiger partial charge in [-0.1, -0.05) is 11.6 Å². The molecule has 0 aliphatic carbocycles. The van der Waals surface area contributed by atoms with Crippen LogP contribution in [-0.4, -0.2) is 42.8 Å². The van der Waals surface area contributed by atoms with Gasteiger partial charge < -0.3 is 14.5 Å². The number of nitrogens with one attached hydrogen (secondary N) is 2. The third-order valence-electron chi connectivity index (χ3n) is 2.68. The molecule has 0 spiro atoms. The number of fused-ring (bicyclic) bond motifs is 1. The van der Waals surface area contributed by atoms with Crippen molar-refractivity contribution in [2.75, 3.05) is 0 Å². The van der Waals surface area contributed by atoms with Crippen molar-refractivity contribution >= 4 is 34.8 Å². The molecule has 0 amide bonds. The molecule has 0 atom stereocenters. The normalized spacial score (nSPS) is 12.3. The van der Waals surface area contributed by atoms with Crippen molar-refractivity contribution in [3.05, 3.63) is 16.6 Å². The SMILES string of the molecule is CC(C)(C)OC(=O)c1nc2nc(=N)n(C(=O)OC(C)(C)C)c(Cl)c2[nH]1. The smallest absolute Gasteiger partial charge is 0.422 e. The number of esters is 1. The lowest BCUT2D eigenvalue weighted by Crippen LogP contribution is -2.35. The quantitative estimate of drug-likeness (QED) is 0.588. The van der Waals surface area contributed by atoms with Crippen molar-refractivity contribution in [3.8, 4) is 0 Å². The number of hydrogen-bond donors (Lipinski definition) is 2. The number of imidazole rings is 1. The first-order valence-corrected chi connectivity index (χ1v) is 7.86. The molecule has 9 nitrogen and oxygen atoms in total. The van der Waals surface area contributed by atoms with Crippen molar-refractivity contribution in [3.63, 3.8) is 0 Å². The Bertz CT molecular complexity index is 901. The molecule has 0 saturated carbocycles. The van der Waals surface area contributed by atoms with E-state index in [1.54, 1.807) is 41.5 Å². The Morgan fingerprint density at radius 2 is 1.64 bits per heavy atom. The molecule has 25 heavy (non-hydrogen) atoms. The van der Waals surface area contributed by atoms with Gasteiger partial charge in [-0.25, -0.2) is 19.1 Å². The third-order valence-corrected chi connectivity index (χ3v) is 3.04. The largest absolute Gasteiger partial charge is 0.454 e. The first kappa shape index (κ1) is 18.9. The van der Waals surface area contributed by atoms with Crippen molar-refractivity contribution in [2.45, 2.75) is 52.7 Å².